The standard InChI is InChI=1S/C30H37N9O3/c1-30(2,3)28-36-26(37-42-28)27(40)34-25-8-12-39(22-9-13-41-14-10-22)17-20-15-19(5-6-23(20)25)24-7-11-31-29(35-24)33-21-16-32-38(4)18-21/h5-7,11,15-16,18,22,25H,8-10,12-14,17H2,1-4H3,(H,34,40)(H,31,33,35)/t25-/m1/s1. The first kappa shape index (κ1) is 28.0. The topological polar surface area (TPSA) is 136 Å². The number of nitrogens with zero attached hydrogens (tertiary/aromatic N) is 7. The summed E-state index contributed by atoms with van der Waals surface area (Å²) in [5.74, 6) is 0.652. The molecule has 12 nitrogen and oxygen atoms in total. The van der Waals surface area contributed by atoms with E-state index in [1.807, 2.05) is 40.1 Å². The third-order valence-electron chi connectivity index (χ3n) is 7.79. The van der Waals surface area contributed by atoms with Crippen LogP contribution in [-0.2, 0) is 23.7 Å². The van der Waals surface area contributed by atoms with Crippen LogP contribution in [-0.4, -0.2) is 66.5 Å². The molecular weight excluding hydrogens is 534 g/mol. The largest absolute Gasteiger partial charge is 0.381 e. The van der Waals surface area contributed by atoms with Crippen LogP contribution in [0.4, 0.5) is 11.6 Å². The lowest BCUT2D eigenvalue weighted by Gasteiger charge is -2.33. The Hall–Kier alpha value is -4.16. The van der Waals surface area contributed by atoms with Gasteiger partial charge in [0.25, 0.3) is 11.7 Å². The van der Waals surface area contributed by atoms with Crippen molar-refractivity contribution in [2.75, 3.05) is 25.1 Å². The molecule has 1 fully saturated rings. The Morgan fingerprint density at radius 2 is 1.93 bits per heavy atom. The first-order chi connectivity index (χ1) is 20.2. The monoisotopic (exact) mass is 571 g/mol. The van der Waals surface area contributed by atoms with E-state index in [0.29, 0.717) is 17.9 Å². The van der Waals surface area contributed by atoms with Gasteiger partial charge in [0.2, 0.25) is 11.8 Å². The van der Waals surface area contributed by atoms with E-state index < -0.39 is 0 Å². The van der Waals surface area contributed by atoms with Gasteiger partial charge in [0.05, 0.1) is 23.6 Å². The number of anilines is 2. The highest BCUT2D eigenvalue weighted by Gasteiger charge is 2.31. The molecule has 1 aromatic carbocycles. The van der Waals surface area contributed by atoms with Crippen molar-refractivity contribution < 1.29 is 14.1 Å². The SMILES string of the molecule is Cn1cc(Nc2nccc(-c3ccc4c(c3)CN(C3CCOCC3)CC[C@H]4NC(=O)c3noc(C(C)(C)C)n3)n2)cn1. The lowest BCUT2D eigenvalue weighted by atomic mass is 9.96. The molecule has 0 aliphatic carbocycles. The van der Waals surface area contributed by atoms with Crippen molar-refractivity contribution in [3.63, 3.8) is 0 Å². The van der Waals surface area contributed by atoms with Crippen LogP contribution in [0.3, 0.4) is 0 Å². The minimum absolute atomic E-state index is 0.0539. The number of rotatable bonds is 6. The predicted octanol–water partition coefficient (Wildman–Crippen LogP) is 4.16. The lowest BCUT2D eigenvalue weighted by molar-refractivity contribution is 0.0309. The lowest BCUT2D eigenvalue weighted by Crippen LogP contribution is -2.39. The van der Waals surface area contributed by atoms with Crippen LogP contribution in [0, 0.1) is 0 Å². The van der Waals surface area contributed by atoms with E-state index in [-0.39, 0.29) is 23.2 Å². The zero-order valence-electron chi connectivity index (χ0n) is 24.5. The van der Waals surface area contributed by atoms with E-state index in [9.17, 15) is 4.79 Å². The van der Waals surface area contributed by atoms with Gasteiger partial charge < -0.3 is 19.9 Å². The van der Waals surface area contributed by atoms with E-state index in [4.69, 9.17) is 14.2 Å². The van der Waals surface area contributed by atoms with Crippen molar-refractivity contribution in [3.05, 3.63) is 65.7 Å². The maximum absolute atomic E-state index is 13.3. The fraction of sp³-hybridized carbons (Fsp3) is 0.467. The summed E-state index contributed by atoms with van der Waals surface area (Å²) in [5.41, 5.74) is 4.52. The van der Waals surface area contributed by atoms with E-state index in [1.165, 1.54) is 0 Å². The first-order valence-electron chi connectivity index (χ1n) is 14.4. The number of carbonyl (C=O) groups is 1. The van der Waals surface area contributed by atoms with Crippen molar-refractivity contribution in [1.29, 1.82) is 0 Å². The average Bonchev–Trinajstić information content (AvgIpc) is 3.61. The summed E-state index contributed by atoms with van der Waals surface area (Å²) in [7, 11) is 1.86. The zero-order chi connectivity index (χ0) is 29.3. The molecule has 0 saturated carbocycles. The van der Waals surface area contributed by atoms with Crippen LogP contribution in [0.2, 0.25) is 0 Å². The maximum atomic E-state index is 13.3. The fourth-order valence-corrected chi connectivity index (χ4v) is 5.54. The number of aryl methyl sites for hydroxylation is 1. The van der Waals surface area contributed by atoms with Gasteiger partial charge in [-0.25, -0.2) is 9.97 Å². The van der Waals surface area contributed by atoms with Crippen molar-refractivity contribution in [3.8, 4) is 11.3 Å². The second-order valence-electron chi connectivity index (χ2n) is 12.0. The van der Waals surface area contributed by atoms with Gasteiger partial charge >= 0.3 is 0 Å². The third-order valence-corrected chi connectivity index (χ3v) is 7.79. The normalized spacial score (nSPS) is 18.3. The molecule has 0 bridgehead atoms. The Morgan fingerprint density at radius 3 is 2.67 bits per heavy atom. The van der Waals surface area contributed by atoms with Crippen molar-refractivity contribution >= 4 is 17.5 Å². The summed E-state index contributed by atoms with van der Waals surface area (Å²) in [6, 6.07) is 8.50. The summed E-state index contributed by atoms with van der Waals surface area (Å²) in [5, 5.41) is 14.6. The van der Waals surface area contributed by atoms with Gasteiger partial charge in [-0.05, 0) is 42.5 Å². The van der Waals surface area contributed by atoms with Gasteiger partial charge in [0.15, 0.2) is 0 Å². The molecule has 4 aromatic rings. The number of ether oxygens (including phenoxy) is 1. The Labute approximate surface area is 244 Å². The van der Waals surface area contributed by atoms with Crippen LogP contribution < -0.4 is 10.6 Å². The predicted molar refractivity (Wildman–Crippen MR) is 156 cm³/mol. The van der Waals surface area contributed by atoms with Crippen LogP contribution >= 0.6 is 0 Å². The molecule has 1 saturated heterocycles. The van der Waals surface area contributed by atoms with Crippen molar-refractivity contribution in [2.45, 2.75) is 64.1 Å². The number of aromatic nitrogens is 6. The Bertz CT molecular complexity index is 1550. The Balaban J connectivity index is 1.29. The first-order valence-corrected chi connectivity index (χ1v) is 14.4. The van der Waals surface area contributed by atoms with E-state index in [0.717, 1.165) is 73.6 Å². The average molecular weight is 572 g/mol. The van der Waals surface area contributed by atoms with Crippen LogP contribution in [0.1, 0.15) is 73.7 Å². The Kier molecular flexibility index (Phi) is 7.74. The summed E-state index contributed by atoms with van der Waals surface area (Å²) in [6.45, 7) is 9.10. The van der Waals surface area contributed by atoms with Crippen LogP contribution in [0.5, 0.6) is 0 Å². The van der Waals surface area contributed by atoms with Gasteiger partial charge in [-0.1, -0.05) is 38.1 Å². The number of carbonyl (C=O) groups excluding carboxylic acids is 1. The molecule has 42 heavy (non-hydrogen) atoms. The zero-order valence-corrected chi connectivity index (χ0v) is 24.5. The van der Waals surface area contributed by atoms with Gasteiger partial charge in [0, 0.05) is 62.8 Å². The molecule has 0 unspecified atom stereocenters. The molecule has 12 heteroatoms. The van der Waals surface area contributed by atoms with Crippen molar-refractivity contribution in [1.82, 2.24) is 40.1 Å². The molecule has 2 N–H and O–H groups in total. The highest BCUT2D eigenvalue weighted by Crippen LogP contribution is 2.33. The van der Waals surface area contributed by atoms with E-state index >= 15 is 0 Å². The second kappa shape index (κ2) is 11.6. The summed E-state index contributed by atoms with van der Waals surface area (Å²) in [6.07, 6.45) is 8.12. The highest BCUT2D eigenvalue weighted by atomic mass is 16.5. The number of benzene rings is 1. The van der Waals surface area contributed by atoms with Crippen molar-refractivity contribution in [2.24, 2.45) is 7.05 Å². The molecule has 1 atom stereocenters. The van der Waals surface area contributed by atoms with Gasteiger partial charge in [-0.15, -0.1) is 0 Å². The molecule has 6 rings (SSSR count). The minimum Gasteiger partial charge on any atom is -0.381 e. The Morgan fingerprint density at radius 1 is 1.10 bits per heavy atom. The van der Waals surface area contributed by atoms with E-state index in [2.05, 4.69) is 54.0 Å². The molecule has 2 aliphatic rings. The number of amides is 1. The fourth-order valence-electron chi connectivity index (χ4n) is 5.54. The molecule has 0 spiro atoms. The van der Waals surface area contributed by atoms with Gasteiger partial charge in [0.1, 0.15) is 0 Å². The summed E-state index contributed by atoms with van der Waals surface area (Å²) >= 11 is 0. The number of fused-ring (bicyclic) bond motifs is 1. The number of hydrogen-bond donors (Lipinski definition) is 2. The smallest absolute Gasteiger partial charge is 0.293 e. The molecular formula is C30H37N9O3. The van der Waals surface area contributed by atoms with Crippen LogP contribution in [0.25, 0.3) is 11.3 Å². The highest BCUT2D eigenvalue weighted by molar-refractivity contribution is 5.90. The molecule has 220 valence electrons. The molecule has 5 heterocycles. The van der Waals surface area contributed by atoms with Gasteiger partial charge in [-0.3, -0.25) is 14.4 Å². The maximum Gasteiger partial charge on any atom is 0.293 e. The quantitative estimate of drug-likeness (QED) is 0.347. The second-order valence-corrected chi connectivity index (χ2v) is 12.0. The summed E-state index contributed by atoms with van der Waals surface area (Å²) in [4.78, 5) is 29.3. The van der Waals surface area contributed by atoms with Gasteiger partial charge in [-0.2, -0.15) is 10.1 Å². The summed E-state index contributed by atoms with van der Waals surface area (Å²) < 4.78 is 12.7. The number of hydrogen-bond acceptors (Lipinski definition) is 10. The molecule has 3 aromatic heterocycles. The third kappa shape index (κ3) is 6.19. The minimum atomic E-state index is -0.338. The molecule has 1 amide bonds. The molecule has 2 aliphatic heterocycles. The van der Waals surface area contributed by atoms with E-state index in [1.54, 1.807) is 17.1 Å². The number of nitrogens with one attached hydrogen (secondary N) is 2. The molecule has 0 radical (unpaired) electrons. The van der Waals surface area contributed by atoms with Crippen LogP contribution in [0.15, 0.2) is 47.4 Å².